The van der Waals surface area contributed by atoms with Gasteiger partial charge in [-0.15, -0.1) is 0 Å². The Labute approximate surface area is 46.3 Å². The molecule has 1 aliphatic rings. The first kappa shape index (κ1) is 5.97. The molecule has 0 amide bonds. The predicted octanol–water partition coefficient (Wildman–Crippen LogP) is -1.59. The molecule has 1 rings (SSSR count). The summed E-state index contributed by atoms with van der Waals surface area (Å²) in [5.41, 5.74) is 0. The summed E-state index contributed by atoms with van der Waals surface area (Å²) in [7, 11) is 0. The van der Waals surface area contributed by atoms with E-state index in [0.29, 0.717) is 13.0 Å². The fourth-order valence-corrected chi connectivity index (χ4v) is 0.541. The Morgan fingerprint density at radius 1 is 1.38 bits per heavy atom. The summed E-state index contributed by atoms with van der Waals surface area (Å²) >= 11 is 0. The van der Waals surface area contributed by atoms with Gasteiger partial charge in [-0.1, -0.05) is 0 Å². The first-order chi connectivity index (χ1) is 3.61. The van der Waals surface area contributed by atoms with Crippen LogP contribution in [0.1, 0.15) is 6.42 Å². The Bertz CT molecular complexity index is 80.5. The third-order valence-electron chi connectivity index (χ3n) is 1.13. The van der Waals surface area contributed by atoms with Crippen molar-refractivity contribution in [2.75, 3.05) is 6.61 Å². The van der Waals surface area contributed by atoms with Crippen LogP contribution in [0.2, 0.25) is 0 Å². The molecule has 0 saturated carbocycles. The van der Waals surface area contributed by atoms with Crippen molar-refractivity contribution in [3.63, 3.8) is 0 Å². The number of hydrogen-bond donors (Lipinski definition) is 3. The van der Waals surface area contributed by atoms with Crippen LogP contribution in [0, 0.1) is 0 Å². The lowest BCUT2D eigenvalue weighted by molar-refractivity contribution is -0.382. The van der Waals surface area contributed by atoms with Gasteiger partial charge < -0.3 is 20.1 Å². The second-order valence-corrected chi connectivity index (χ2v) is 1.84. The molecule has 0 bridgehead atoms. The quantitative estimate of drug-likeness (QED) is 0.365. The van der Waals surface area contributed by atoms with Gasteiger partial charge in [0.15, 0.2) is 0 Å². The topological polar surface area (TPSA) is 69.9 Å². The molecule has 1 saturated heterocycles. The Kier molecular flexibility index (Phi) is 1.24. The Balaban J connectivity index is 2.34. The van der Waals surface area contributed by atoms with Crippen molar-refractivity contribution in [2.24, 2.45) is 0 Å². The maximum Gasteiger partial charge on any atom is 0.303 e. The molecule has 1 atom stereocenters. The van der Waals surface area contributed by atoms with E-state index >= 15 is 0 Å². The van der Waals surface area contributed by atoms with Crippen molar-refractivity contribution in [1.82, 2.24) is 0 Å². The van der Waals surface area contributed by atoms with E-state index in [1.165, 1.54) is 0 Å². The molecule has 48 valence electrons. The number of rotatable bonds is 1. The molecule has 1 unspecified atom stereocenters. The van der Waals surface area contributed by atoms with Gasteiger partial charge in [0.05, 0.1) is 6.61 Å². The molecule has 0 aromatic rings. The molecule has 4 heteroatoms. The second-order valence-electron chi connectivity index (χ2n) is 1.84. The average Bonchev–Trinajstić information content (AvgIpc) is 1.16. The lowest BCUT2D eigenvalue weighted by Crippen LogP contribution is -2.49. The third-order valence-corrected chi connectivity index (χ3v) is 1.13. The van der Waals surface area contributed by atoms with Crippen LogP contribution in [0.25, 0.3) is 0 Å². The van der Waals surface area contributed by atoms with Crippen molar-refractivity contribution in [2.45, 2.75) is 18.5 Å². The molecule has 8 heavy (non-hydrogen) atoms. The molecule has 3 N–H and O–H groups in total. The van der Waals surface area contributed by atoms with Crippen LogP contribution in [0.3, 0.4) is 0 Å². The average molecular weight is 120 g/mol. The van der Waals surface area contributed by atoms with Crippen molar-refractivity contribution >= 4 is 0 Å². The maximum absolute atomic E-state index is 8.32. The van der Waals surface area contributed by atoms with E-state index in [1.807, 2.05) is 0 Å². The molecule has 4 nitrogen and oxygen atoms in total. The van der Waals surface area contributed by atoms with Crippen LogP contribution in [-0.2, 0) is 4.74 Å². The molecule has 1 heterocycles. The van der Waals surface area contributed by atoms with Gasteiger partial charge in [0.25, 0.3) is 0 Å². The van der Waals surface area contributed by atoms with Crippen molar-refractivity contribution in [1.29, 1.82) is 0 Å². The van der Waals surface area contributed by atoms with Gasteiger partial charge in [0.2, 0.25) is 0 Å². The highest BCUT2D eigenvalue weighted by atomic mass is 16.7. The number of hydrogen-bond acceptors (Lipinski definition) is 4. The SMILES string of the molecule is OC(O)(O)C1CCO1. The molecule has 1 fully saturated rings. The summed E-state index contributed by atoms with van der Waals surface area (Å²) in [6.07, 6.45) is -0.300. The lowest BCUT2D eigenvalue weighted by atomic mass is 10.1. The number of ether oxygens (including phenoxy) is 1. The molecule has 0 aromatic heterocycles. The highest BCUT2D eigenvalue weighted by molar-refractivity contribution is 4.72. The van der Waals surface area contributed by atoms with Gasteiger partial charge in [-0.05, 0) is 0 Å². The minimum atomic E-state index is -2.63. The zero-order valence-corrected chi connectivity index (χ0v) is 4.24. The van der Waals surface area contributed by atoms with E-state index in [0.717, 1.165) is 0 Å². The van der Waals surface area contributed by atoms with Crippen LogP contribution in [0.5, 0.6) is 0 Å². The molecule has 0 aliphatic carbocycles. The van der Waals surface area contributed by atoms with Gasteiger partial charge in [0.1, 0.15) is 6.10 Å². The fourth-order valence-electron chi connectivity index (χ4n) is 0.541. The molecular formula is C4H8O4. The Morgan fingerprint density at radius 2 is 1.88 bits per heavy atom. The van der Waals surface area contributed by atoms with Crippen LogP contribution < -0.4 is 0 Å². The lowest BCUT2D eigenvalue weighted by Gasteiger charge is -2.32. The van der Waals surface area contributed by atoms with Crippen LogP contribution >= 0.6 is 0 Å². The molecule has 0 spiro atoms. The zero-order chi connectivity index (χ0) is 6.20. The highest BCUT2D eigenvalue weighted by Crippen LogP contribution is 2.19. The largest absolute Gasteiger partial charge is 0.370 e. The minimum absolute atomic E-state index is 0.494. The van der Waals surface area contributed by atoms with Crippen LogP contribution in [0.15, 0.2) is 0 Å². The summed E-state index contributed by atoms with van der Waals surface area (Å²) in [5, 5.41) is 25.0. The van der Waals surface area contributed by atoms with Crippen molar-refractivity contribution in [3.8, 4) is 0 Å². The van der Waals surface area contributed by atoms with Gasteiger partial charge in [-0.25, -0.2) is 0 Å². The maximum atomic E-state index is 8.32. The summed E-state index contributed by atoms with van der Waals surface area (Å²) in [4.78, 5) is 0. The minimum Gasteiger partial charge on any atom is -0.370 e. The molecule has 0 radical (unpaired) electrons. The molecule has 1 aliphatic heterocycles. The molecule has 0 aromatic carbocycles. The van der Waals surface area contributed by atoms with E-state index in [2.05, 4.69) is 4.74 Å². The van der Waals surface area contributed by atoms with Crippen molar-refractivity contribution < 1.29 is 20.1 Å². The normalized spacial score (nSPS) is 29.6. The Morgan fingerprint density at radius 3 is 1.88 bits per heavy atom. The second kappa shape index (κ2) is 1.66. The summed E-state index contributed by atoms with van der Waals surface area (Å²) in [6, 6.07) is 0. The smallest absolute Gasteiger partial charge is 0.303 e. The van der Waals surface area contributed by atoms with Crippen LogP contribution in [-0.4, -0.2) is 34.0 Å². The van der Waals surface area contributed by atoms with E-state index in [9.17, 15) is 0 Å². The van der Waals surface area contributed by atoms with E-state index < -0.39 is 12.1 Å². The van der Waals surface area contributed by atoms with Crippen molar-refractivity contribution in [3.05, 3.63) is 0 Å². The Hall–Kier alpha value is -0.160. The predicted molar refractivity (Wildman–Crippen MR) is 23.7 cm³/mol. The molecular weight excluding hydrogens is 112 g/mol. The van der Waals surface area contributed by atoms with Gasteiger partial charge >= 0.3 is 5.97 Å². The third kappa shape index (κ3) is 0.976. The van der Waals surface area contributed by atoms with Gasteiger partial charge in [-0.3, -0.25) is 0 Å². The monoisotopic (exact) mass is 120 g/mol. The van der Waals surface area contributed by atoms with Gasteiger partial charge in [-0.2, -0.15) is 0 Å². The highest BCUT2D eigenvalue weighted by Gasteiger charge is 2.37. The summed E-state index contributed by atoms with van der Waals surface area (Å²) in [5.74, 6) is -2.63. The van der Waals surface area contributed by atoms with Crippen LogP contribution in [0.4, 0.5) is 0 Å². The number of aliphatic hydroxyl groups is 3. The zero-order valence-electron chi connectivity index (χ0n) is 4.24. The van der Waals surface area contributed by atoms with E-state index in [1.54, 1.807) is 0 Å². The summed E-state index contributed by atoms with van der Waals surface area (Å²) < 4.78 is 4.55. The summed E-state index contributed by atoms with van der Waals surface area (Å²) in [6.45, 7) is 0.494. The van der Waals surface area contributed by atoms with E-state index in [4.69, 9.17) is 15.3 Å². The van der Waals surface area contributed by atoms with Gasteiger partial charge in [0, 0.05) is 6.42 Å². The fraction of sp³-hybridized carbons (Fsp3) is 1.00. The standard InChI is InChI=1S/C4H8O4/c5-4(6,7)3-1-2-8-3/h3,5-7H,1-2H2. The first-order valence-electron chi connectivity index (χ1n) is 2.39. The first-order valence-corrected chi connectivity index (χ1v) is 2.39. The van der Waals surface area contributed by atoms with E-state index in [-0.39, 0.29) is 0 Å².